The van der Waals surface area contributed by atoms with Crippen molar-refractivity contribution in [3.05, 3.63) is 17.7 Å². The fourth-order valence-electron chi connectivity index (χ4n) is 2.31. The van der Waals surface area contributed by atoms with Crippen LogP contribution >= 0.6 is 0 Å². The first kappa shape index (κ1) is 10.8. The van der Waals surface area contributed by atoms with E-state index in [9.17, 15) is 4.79 Å². The number of piperazine rings is 1. The Morgan fingerprint density at radius 2 is 2.35 bits per heavy atom. The van der Waals surface area contributed by atoms with Crippen LogP contribution in [0.1, 0.15) is 42.0 Å². The van der Waals surface area contributed by atoms with E-state index in [4.69, 9.17) is 0 Å². The van der Waals surface area contributed by atoms with Crippen molar-refractivity contribution < 1.29 is 4.79 Å². The topological polar surface area (TPSA) is 61.0 Å². The first-order valence-electron chi connectivity index (χ1n) is 6.32. The molecule has 1 atom stereocenters. The van der Waals surface area contributed by atoms with Gasteiger partial charge in [0, 0.05) is 31.6 Å². The molecule has 1 aromatic rings. The summed E-state index contributed by atoms with van der Waals surface area (Å²) in [4.78, 5) is 21.7. The standard InChI is InChI=1S/C12H18N4O/c1-8-6-13-4-5-16(8)12(17)10-7-14-11(15-10)9-2-3-9/h7-9,13H,2-6H2,1H3,(H,14,15)/t8-/m0/s1. The summed E-state index contributed by atoms with van der Waals surface area (Å²) < 4.78 is 0. The Balaban J connectivity index is 1.75. The first-order chi connectivity index (χ1) is 8.25. The lowest BCUT2D eigenvalue weighted by atomic mass is 10.2. The van der Waals surface area contributed by atoms with Crippen molar-refractivity contribution in [3.63, 3.8) is 0 Å². The van der Waals surface area contributed by atoms with Crippen LogP contribution in [0, 0.1) is 0 Å². The molecule has 3 rings (SSSR count). The maximum absolute atomic E-state index is 12.3. The smallest absolute Gasteiger partial charge is 0.272 e. The molecule has 2 N–H and O–H groups in total. The Kier molecular flexibility index (Phi) is 2.63. The zero-order valence-electron chi connectivity index (χ0n) is 10.1. The summed E-state index contributed by atoms with van der Waals surface area (Å²) in [6.07, 6.45) is 4.08. The number of carbonyl (C=O) groups is 1. The molecule has 5 heteroatoms. The Morgan fingerprint density at radius 1 is 1.53 bits per heavy atom. The van der Waals surface area contributed by atoms with Gasteiger partial charge in [-0.15, -0.1) is 0 Å². The minimum absolute atomic E-state index is 0.0819. The summed E-state index contributed by atoms with van der Waals surface area (Å²) in [5.41, 5.74) is 0.639. The molecule has 0 aromatic carbocycles. The molecule has 1 aliphatic carbocycles. The van der Waals surface area contributed by atoms with Gasteiger partial charge >= 0.3 is 0 Å². The van der Waals surface area contributed by atoms with E-state index >= 15 is 0 Å². The molecule has 17 heavy (non-hydrogen) atoms. The number of aromatic nitrogens is 2. The van der Waals surface area contributed by atoms with Crippen molar-refractivity contribution in [2.45, 2.75) is 31.7 Å². The number of hydrogen-bond acceptors (Lipinski definition) is 3. The summed E-state index contributed by atoms with van der Waals surface area (Å²) in [5, 5.41) is 3.28. The number of hydrogen-bond donors (Lipinski definition) is 2. The molecule has 92 valence electrons. The molecule has 1 saturated carbocycles. The number of amides is 1. The largest absolute Gasteiger partial charge is 0.338 e. The van der Waals surface area contributed by atoms with E-state index in [0.717, 1.165) is 25.5 Å². The molecule has 1 aliphatic heterocycles. The van der Waals surface area contributed by atoms with Gasteiger partial charge in [0.15, 0.2) is 0 Å². The molecule has 1 aromatic heterocycles. The molecule has 2 aliphatic rings. The monoisotopic (exact) mass is 234 g/mol. The number of rotatable bonds is 2. The highest BCUT2D eigenvalue weighted by molar-refractivity contribution is 5.92. The van der Waals surface area contributed by atoms with Crippen LogP contribution in [0.25, 0.3) is 0 Å². The quantitative estimate of drug-likeness (QED) is 0.792. The maximum Gasteiger partial charge on any atom is 0.272 e. The third-order valence-electron chi connectivity index (χ3n) is 3.55. The Hall–Kier alpha value is -1.36. The minimum atomic E-state index is 0.0819. The van der Waals surface area contributed by atoms with E-state index in [1.54, 1.807) is 6.20 Å². The number of H-pyrrole nitrogens is 1. The highest BCUT2D eigenvalue weighted by Gasteiger charge is 2.29. The third-order valence-corrected chi connectivity index (χ3v) is 3.55. The Morgan fingerprint density at radius 3 is 3.06 bits per heavy atom. The second-order valence-corrected chi connectivity index (χ2v) is 5.01. The minimum Gasteiger partial charge on any atom is -0.338 e. The van der Waals surface area contributed by atoms with Gasteiger partial charge in [0.2, 0.25) is 0 Å². The van der Waals surface area contributed by atoms with Crippen LogP contribution < -0.4 is 5.32 Å². The number of aromatic amines is 1. The van der Waals surface area contributed by atoms with Crippen molar-refractivity contribution in [1.29, 1.82) is 0 Å². The number of imidazole rings is 1. The molecule has 1 amide bonds. The SMILES string of the molecule is C[C@H]1CNCCN1C(=O)c1cnc(C2CC2)[nH]1. The fraction of sp³-hybridized carbons (Fsp3) is 0.667. The Labute approximate surface area is 101 Å². The van der Waals surface area contributed by atoms with Crippen molar-refractivity contribution in [2.75, 3.05) is 19.6 Å². The van der Waals surface area contributed by atoms with E-state index in [0.29, 0.717) is 11.6 Å². The van der Waals surface area contributed by atoms with Crippen LogP contribution in [0.15, 0.2) is 6.20 Å². The van der Waals surface area contributed by atoms with Crippen molar-refractivity contribution in [1.82, 2.24) is 20.2 Å². The molecule has 0 bridgehead atoms. The fourth-order valence-corrected chi connectivity index (χ4v) is 2.31. The molecule has 5 nitrogen and oxygen atoms in total. The summed E-state index contributed by atoms with van der Waals surface area (Å²) in [6, 6.07) is 0.254. The molecule has 1 saturated heterocycles. The molecule has 2 heterocycles. The van der Waals surface area contributed by atoms with Crippen LogP contribution in [0.5, 0.6) is 0 Å². The van der Waals surface area contributed by atoms with E-state index in [1.165, 1.54) is 12.8 Å². The summed E-state index contributed by atoms with van der Waals surface area (Å²) in [5.74, 6) is 1.63. The van der Waals surface area contributed by atoms with E-state index in [1.807, 2.05) is 4.90 Å². The zero-order chi connectivity index (χ0) is 11.8. The number of nitrogens with zero attached hydrogens (tertiary/aromatic N) is 2. The molecule has 0 radical (unpaired) electrons. The average Bonchev–Trinajstić information content (AvgIpc) is 3.07. The molecule has 0 spiro atoms. The van der Waals surface area contributed by atoms with E-state index in [2.05, 4.69) is 22.2 Å². The van der Waals surface area contributed by atoms with Gasteiger partial charge in [0.05, 0.1) is 6.20 Å². The Bertz CT molecular complexity index is 424. The lowest BCUT2D eigenvalue weighted by Gasteiger charge is -2.33. The number of carbonyl (C=O) groups excluding carboxylic acids is 1. The van der Waals surface area contributed by atoms with Crippen LogP contribution in [0.2, 0.25) is 0 Å². The predicted molar refractivity (Wildman–Crippen MR) is 63.9 cm³/mol. The summed E-state index contributed by atoms with van der Waals surface area (Å²) >= 11 is 0. The zero-order valence-corrected chi connectivity index (χ0v) is 10.1. The molecule has 2 fully saturated rings. The lowest BCUT2D eigenvalue weighted by Crippen LogP contribution is -2.52. The van der Waals surface area contributed by atoms with Crippen LogP contribution in [-0.2, 0) is 0 Å². The van der Waals surface area contributed by atoms with Crippen LogP contribution in [-0.4, -0.2) is 46.5 Å². The second kappa shape index (κ2) is 4.14. The van der Waals surface area contributed by atoms with Gasteiger partial charge in [0.1, 0.15) is 11.5 Å². The first-order valence-corrected chi connectivity index (χ1v) is 6.32. The van der Waals surface area contributed by atoms with Gasteiger partial charge in [-0.3, -0.25) is 4.79 Å². The summed E-state index contributed by atoms with van der Waals surface area (Å²) in [7, 11) is 0. The highest BCUT2D eigenvalue weighted by atomic mass is 16.2. The van der Waals surface area contributed by atoms with Crippen molar-refractivity contribution in [3.8, 4) is 0 Å². The molecule has 0 unspecified atom stereocenters. The lowest BCUT2D eigenvalue weighted by molar-refractivity contribution is 0.0650. The highest BCUT2D eigenvalue weighted by Crippen LogP contribution is 2.38. The van der Waals surface area contributed by atoms with Gasteiger partial charge < -0.3 is 15.2 Å². The average molecular weight is 234 g/mol. The van der Waals surface area contributed by atoms with Gasteiger partial charge in [-0.1, -0.05) is 0 Å². The molecular formula is C12H18N4O. The van der Waals surface area contributed by atoms with Crippen molar-refractivity contribution in [2.24, 2.45) is 0 Å². The molecular weight excluding hydrogens is 216 g/mol. The van der Waals surface area contributed by atoms with Crippen LogP contribution in [0.4, 0.5) is 0 Å². The number of nitrogens with one attached hydrogen (secondary N) is 2. The second-order valence-electron chi connectivity index (χ2n) is 5.01. The van der Waals surface area contributed by atoms with Crippen molar-refractivity contribution >= 4 is 5.91 Å². The van der Waals surface area contributed by atoms with Gasteiger partial charge in [-0.2, -0.15) is 0 Å². The third kappa shape index (κ3) is 2.07. The maximum atomic E-state index is 12.3. The van der Waals surface area contributed by atoms with Gasteiger partial charge in [-0.25, -0.2) is 4.98 Å². The summed E-state index contributed by atoms with van der Waals surface area (Å²) in [6.45, 7) is 4.59. The van der Waals surface area contributed by atoms with Gasteiger partial charge in [0.25, 0.3) is 5.91 Å². The van der Waals surface area contributed by atoms with Crippen LogP contribution in [0.3, 0.4) is 0 Å². The predicted octanol–water partition coefficient (Wildman–Crippen LogP) is 0.721. The van der Waals surface area contributed by atoms with E-state index < -0.39 is 0 Å². The van der Waals surface area contributed by atoms with E-state index in [-0.39, 0.29) is 11.9 Å². The normalized spacial score (nSPS) is 25.0. The van der Waals surface area contributed by atoms with Gasteiger partial charge in [-0.05, 0) is 19.8 Å².